The molecule has 0 aliphatic carbocycles. The SMILES string of the molecule is CCN1CCCN(c2nc(C)ns2)[C@H](C)C1. The van der Waals surface area contributed by atoms with Gasteiger partial charge in [0.1, 0.15) is 5.82 Å². The Morgan fingerprint density at radius 3 is 2.88 bits per heavy atom. The first-order valence-corrected chi connectivity index (χ1v) is 6.77. The van der Waals surface area contributed by atoms with Crippen LogP contribution in [0.2, 0.25) is 0 Å². The molecule has 0 spiro atoms. The number of anilines is 1. The van der Waals surface area contributed by atoms with Gasteiger partial charge in [-0.3, -0.25) is 0 Å². The molecule has 0 saturated carbocycles. The lowest BCUT2D eigenvalue weighted by Crippen LogP contribution is -2.38. The molecule has 0 bridgehead atoms. The zero-order valence-corrected chi connectivity index (χ0v) is 11.1. The molecule has 1 saturated heterocycles. The van der Waals surface area contributed by atoms with Crippen LogP contribution in [0.4, 0.5) is 5.13 Å². The molecule has 1 aliphatic heterocycles. The van der Waals surface area contributed by atoms with Crippen LogP contribution >= 0.6 is 11.5 Å². The van der Waals surface area contributed by atoms with E-state index in [9.17, 15) is 0 Å². The molecule has 4 nitrogen and oxygen atoms in total. The summed E-state index contributed by atoms with van der Waals surface area (Å²) >= 11 is 1.52. The number of nitrogens with zero attached hydrogens (tertiary/aromatic N) is 4. The minimum Gasteiger partial charge on any atom is -0.343 e. The highest BCUT2D eigenvalue weighted by Crippen LogP contribution is 2.22. The van der Waals surface area contributed by atoms with Crippen molar-refractivity contribution >= 4 is 16.7 Å². The summed E-state index contributed by atoms with van der Waals surface area (Å²) in [4.78, 5) is 9.41. The molecule has 0 aromatic carbocycles. The third-order valence-corrected chi connectivity index (χ3v) is 3.98. The van der Waals surface area contributed by atoms with Gasteiger partial charge in [-0.15, -0.1) is 0 Å². The smallest absolute Gasteiger partial charge is 0.205 e. The van der Waals surface area contributed by atoms with Gasteiger partial charge in [-0.1, -0.05) is 6.92 Å². The van der Waals surface area contributed by atoms with Crippen molar-refractivity contribution in [1.29, 1.82) is 0 Å². The highest BCUT2D eigenvalue weighted by atomic mass is 32.1. The van der Waals surface area contributed by atoms with Gasteiger partial charge in [-0.05, 0) is 33.4 Å². The van der Waals surface area contributed by atoms with E-state index in [1.807, 2.05) is 6.92 Å². The van der Waals surface area contributed by atoms with Gasteiger partial charge in [0.05, 0.1) is 0 Å². The lowest BCUT2D eigenvalue weighted by molar-refractivity contribution is 0.291. The molecule has 0 amide bonds. The van der Waals surface area contributed by atoms with E-state index in [1.165, 1.54) is 24.5 Å². The van der Waals surface area contributed by atoms with E-state index in [-0.39, 0.29) is 0 Å². The quantitative estimate of drug-likeness (QED) is 0.788. The Labute approximate surface area is 101 Å². The van der Waals surface area contributed by atoms with Gasteiger partial charge >= 0.3 is 0 Å². The van der Waals surface area contributed by atoms with Gasteiger partial charge in [0.15, 0.2) is 0 Å². The number of hydrogen-bond acceptors (Lipinski definition) is 5. The van der Waals surface area contributed by atoms with Crippen molar-refractivity contribution in [3.05, 3.63) is 5.82 Å². The monoisotopic (exact) mass is 240 g/mol. The third kappa shape index (κ3) is 2.52. The molecule has 16 heavy (non-hydrogen) atoms. The summed E-state index contributed by atoms with van der Waals surface area (Å²) in [6, 6.07) is 0.537. The maximum absolute atomic E-state index is 4.49. The molecular weight excluding hydrogens is 220 g/mol. The Bertz CT molecular complexity index is 338. The highest BCUT2D eigenvalue weighted by molar-refractivity contribution is 7.09. The molecule has 1 aromatic rings. The largest absolute Gasteiger partial charge is 0.343 e. The fourth-order valence-electron chi connectivity index (χ4n) is 2.22. The summed E-state index contributed by atoms with van der Waals surface area (Å²) in [7, 11) is 0. The Hall–Kier alpha value is -0.680. The average Bonchev–Trinajstić information content (AvgIpc) is 2.59. The van der Waals surface area contributed by atoms with Crippen molar-refractivity contribution in [3.63, 3.8) is 0 Å². The lowest BCUT2D eigenvalue weighted by atomic mass is 10.3. The van der Waals surface area contributed by atoms with Gasteiger partial charge < -0.3 is 9.80 Å². The Kier molecular flexibility index (Phi) is 3.76. The van der Waals surface area contributed by atoms with E-state index < -0.39 is 0 Å². The fourth-order valence-corrected chi connectivity index (χ4v) is 3.03. The minimum absolute atomic E-state index is 0.537. The van der Waals surface area contributed by atoms with Crippen molar-refractivity contribution in [1.82, 2.24) is 14.3 Å². The van der Waals surface area contributed by atoms with Gasteiger partial charge in [-0.2, -0.15) is 4.37 Å². The van der Waals surface area contributed by atoms with Crippen LogP contribution in [0.1, 0.15) is 26.1 Å². The summed E-state index contributed by atoms with van der Waals surface area (Å²) in [5.74, 6) is 0.892. The second-order valence-corrected chi connectivity index (χ2v) is 5.14. The summed E-state index contributed by atoms with van der Waals surface area (Å²) < 4.78 is 4.27. The van der Waals surface area contributed by atoms with E-state index in [2.05, 4.69) is 33.0 Å². The van der Waals surface area contributed by atoms with Gasteiger partial charge in [-0.25, -0.2) is 4.98 Å². The van der Waals surface area contributed by atoms with Gasteiger partial charge in [0, 0.05) is 30.7 Å². The molecule has 90 valence electrons. The first-order chi connectivity index (χ1) is 7.70. The van der Waals surface area contributed by atoms with Crippen molar-refractivity contribution in [3.8, 4) is 0 Å². The van der Waals surface area contributed by atoms with Crippen LogP contribution in [-0.2, 0) is 0 Å². The normalized spacial score (nSPS) is 23.4. The molecule has 5 heteroatoms. The summed E-state index contributed by atoms with van der Waals surface area (Å²) in [5.41, 5.74) is 0. The van der Waals surface area contributed by atoms with Crippen LogP contribution in [-0.4, -0.2) is 46.5 Å². The van der Waals surface area contributed by atoms with Crippen LogP contribution < -0.4 is 4.90 Å². The van der Waals surface area contributed by atoms with Crippen molar-refractivity contribution < 1.29 is 0 Å². The number of hydrogen-bond donors (Lipinski definition) is 0. The van der Waals surface area contributed by atoms with Crippen LogP contribution in [0.25, 0.3) is 0 Å². The Morgan fingerprint density at radius 2 is 2.25 bits per heavy atom. The van der Waals surface area contributed by atoms with Crippen LogP contribution in [0, 0.1) is 6.92 Å². The molecule has 0 radical (unpaired) electrons. The second kappa shape index (κ2) is 5.10. The van der Waals surface area contributed by atoms with E-state index in [4.69, 9.17) is 0 Å². The third-order valence-electron chi connectivity index (χ3n) is 3.14. The number of aryl methyl sites for hydroxylation is 1. The zero-order chi connectivity index (χ0) is 11.5. The number of aromatic nitrogens is 2. The molecule has 1 aliphatic rings. The van der Waals surface area contributed by atoms with Crippen LogP contribution in [0.3, 0.4) is 0 Å². The van der Waals surface area contributed by atoms with Crippen molar-refractivity contribution in [2.24, 2.45) is 0 Å². The maximum Gasteiger partial charge on any atom is 0.205 e. The predicted molar refractivity (Wildman–Crippen MR) is 68.2 cm³/mol. The summed E-state index contributed by atoms with van der Waals surface area (Å²) in [5, 5.41) is 1.09. The van der Waals surface area contributed by atoms with E-state index in [1.54, 1.807) is 0 Å². The van der Waals surface area contributed by atoms with Crippen molar-refractivity contribution in [2.75, 3.05) is 31.1 Å². The molecule has 2 heterocycles. The fraction of sp³-hybridized carbons (Fsp3) is 0.818. The van der Waals surface area contributed by atoms with E-state index in [0.29, 0.717) is 6.04 Å². The second-order valence-electron chi connectivity index (χ2n) is 4.41. The summed E-state index contributed by atoms with van der Waals surface area (Å²) in [6.07, 6.45) is 1.22. The Balaban J connectivity index is 2.10. The molecule has 1 fully saturated rings. The zero-order valence-electron chi connectivity index (χ0n) is 10.3. The first kappa shape index (κ1) is 11.8. The summed E-state index contributed by atoms with van der Waals surface area (Å²) in [6.45, 7) is 11.1. The van der Waals surface area contributed by atoms with Crippen LogP contribution in [0.15, 0.2) is 0 Å². The molecule has 2 rings (SSSR count). The molecule has 1 atom stereocenters. The standard InChI is InChI=1S/C11H20N4S/c1-4-14-6-5-7-15(9(2)8-14)11-12-10(3)13-16-11/h9H,4-8H2,1-3H3/t9-/m1/s1. The van der Waals surface area contributed by atoms with Gasteiger partial charge in [0.2, 0.25) is 5.13 Å². The first-order valence-electron chi connectivity index (χ1n) is 6.00. The molecule has 0 unspecified atom stereocenters. The number of rotatable bonds is 2. The predicted octanol–water partition coefficient (Wildman–Crippen LogP) is 1.77. The van der Waals surface area contributed by atoms with Crippen LogP contribution in [0.5, 0.6) is 0 Å². The minimum atomic E-state index is 0.537. The average molecular weight is 240 g/mol. The molecular formula is C11H20N4S. The molecule has 1 aromatic heterocycles. The maximum atomic E-state index is 4.49. The molecule has 0 N–H and O–H groups in total. The van der Waals surface area contributed by atoms with Crippen molar-refractivity contribution in [2.45, 2.75) is 33.2 Å². The topological polar surface area (TPSA) is 32.3 Å². The van der Waals surface area contributed by atoms with E-state index in [0.717, 1.165) is 30.6 Å². The lowest BCUT2D eigenvalue weighted by Gasteiger charge is -2.27. The van der Waals surface area contributed by atoms with Gasteiger partial charge in [0.25, 0.3) is 0 Å². The number of likely N-dealkylation sites (N-methyl/N-ethyl adjacent to an activating group) is 1. The highest BCUT2D eigenvalue weighted by Gasteiger charge is 2.23. The van der Waals surface area contributed by atoms with E-state index >= 15 is 0 Å². The Morgan fingerprint density at radius 1 is 1.44 bits per heavy atom.